The van der Waals surface area contributed by atoms with Crippen LogP contribution in [0.1, 0.15) is 43.2 Å². The molecular formula is C16H24N4O. The molecule has 1 aromatic rings. The largest absolute Gasteiger partial charge is 0.369 e. The zero-order valence-corrected chi connectivity index (χ0v) is 12.8. The molecule has 114 valence electrons. The summed E-state index contributed by atoms with van der Waals surface area (Å²) in [6, 6.07) is 5.67. The molecule has 0 atom stereocenters. The van der Waals surface area contributed by atoms with Gasteiger partial charge in [0.1, 0.15) is 0 Å². The lowest BCUT2D eigenvalue weighted by atomic mass is 9.96. The fourth-order valence-electron chi connectivity index (χ4n) is 2.98. The number of amides is 2. The Labute approximate surface area is 126 Å². The maximum absolute atomic E-state index is 12.6. The van der Waals surface area contributed by atoms with Gasteiger partial charge in [0, 0.05) is 6.04 Å². The normalized spacial score (nSPS) is 15.5. The van der Waals surface area contributed by atoms with Crippen LogP contribution in [0, 0.1) is 19.3 Å². The fraction of sp³-hybridized carbons (Fsp3) is 0.500. The number of hydrogen-bond acceptors (Lipinski definition) is 2. The Morgan fingerprint density at radius 1 is 1.24 bits per heavy atom. The number of nitrogens with zero attached hydrogens (tertiary/aromatic N) is 1. The molecule has 1 aromatic carbocycles. The number of carbonyl (C=O) groups is 1. The van der Waals surface area contributed by atoms with Gasteiger partial charge < -0.3 is 11.1 Å². The van der Waals surface area contributed by atoms with E-state index >= 15 is 0 Å². The van der Waals surface area contributed by atoms with Crippen LogP contribution in [0.5, 0.6) is 0 Å². The van der Waals surface area contributed by atoms with Gasteiger partial charge in [-0.25, -0.2) is 9.69 Å². The van der Waals surface area contributed by atoms with Gasteiger partial charge in [0.25, 0.3) is 0 Å². The maximum Gasteiger partial charge on any atom is 0.329 e. The number of benzene rings is 1. The monoisotopic (exact) mass is 288 g/mol. The summed E-state index contributed by atoms with van der Waals surface area (Å²) in [5.74, 6) is -0.249. The van der Waals surface area contributed by atoms with Crippen LogP contribution < -0.4 is 16.0 Å². The van der Waals surface area contributed by atoms with E-state index in [9.17, 15) is 4.79 Å². The number of carbonyl (C=O) groups excluding carboxylic acids is 1. The van der Waals surface area contributed by atoms with Crippen molar-refractivity contribution in [3.05, 3.63) is 29.3 Å². The standard InChI is InChI=1S/C16H24N4O/c1-11-7-6-8-12(2)14(11)20(15(17)18)16(21)19-13-9-4-3-5-10-13/h6-8,13H,3-5,9-10H2,1-2H3,(H3,17,18)(H,19,21). The highest BCUT2D eigenvalue weighted by atomic mass is 16.2. The third-order valence-corrected chi connectivity index (χ3v) is 4.04. The number of para-hydroxylation sites is 1. The second-order valence-electron chi connectivity index (χ2n) is 5.75. The average Bonchev–Trinajstić information content (AvgIpc) is 2.43. The molecule has 2 rings (SSSR count). The number of anilines is 1. The number of guanidine groups is 1. The van der Waals surface area contributed by atoms with Crippen molar-refractivity contribution in [3.63, 3.8) is 0 Å². The Kier molecular flexibility index (Phi) is 4.83. The molecule has 1 fully saturated rings. The summed E-state index contributed by atoms with van der Waals surface area (Å²) in [6.07, 6.45) is 5.54. The first kappa shape index (κ1) is 15.4. The number of aryl methyl sites for hydroxylation is 2. The van der Waals surface area contributed by atoms with Gasteiger partial charge in [0.05, 0.1) is 5.69 Å². The van der Waals surface area contributed by atoms with Crippen LogP contribution in [-0.4, -0.2) is 18.0 Å². The third kappa shape index (κ3) is 3.54. The summed E-state index contributed by atoms with van der Waals surface area (Å²) >= 11 is 0. The molecule has 0 unspecified atom stereocenters. The van der Waals surface area contributed by atoms with E-state index in [4.69, 9.17) is 11.1 Å². The van der Waals surface area contributed by atoms with Gasteiger partial charge in [-0.2, -0.15) is 0 Å². The van der Waals surface area contributed by atoms with Crippen LogP contribution in [0.15, 0.2) is 18.2 Å². The molecule has 21 heavy (non-hydrogen) atoms. The molecule has 0 saturated heterocycles. The van der Waals surface area contributed by atoms with E-state index in [-0.39, 0.29) is 18.0 Å². The van der Waals surface area contributed by atoms with E-state index in [1.807, 2.05) is 32.0 Å². The minimum atomic E-state index is -0.299. The van der Waals surface area contributed by atoms with Crippen molar-refractivity contribution in [2.75, 3.05) is 4.90 Å². The van der Waals surface area contributed by atoms with Gasteiger partial charge in [0.15, 0.2) is 0 Å². The number of nitrogens with two attached hydrogens (primary N) is 1. The van der Waals surface area contributed by atoms with Gasteiger partial charge in [0.2, 0.25) is 5.96 Å². The molecule has 1 aliphatic carbocycles. The van der Waals surface area contributed by atoms with Crippen LogP contribution in [-0.2, 0) is 0 Å². The average molecular weight is 288 g/mol. The first-order valence-corrected chi connectivity index (χ1v) is 7.51. The van der Waals surface area contributed by atoms with Gasteiger partial charge >= 0.3 is 6.03 Å². The molecule has 0 aromatic heterocycles. The first-order chi connectivity index (χ1) is 10.0. The first-order valence-electron chi connectivity index (χ1n) is 7.51. The third-order valence-electron chi connectivity index (χ3n) is 4.04. The van der Waals surface area contributed by atoms with E-state index in [0.29, 0.717) is 5.69 Å². The van der Waals surface area contributed by atoms with Crippen molar-refractivity contribution < 1.29 is 4.79 Å². The number of nitrogens with one attached hydrogen (secondary N) is 2. The van der Waals surface area contributed by atoms with Gasteiger partial charge in [-0.1, -0.05) is 37.5 Å². The second kappa shape index (κ2) is 6.61. The maximum atomic E-state index is 12.6. The summed E-state index contributed by atoms with van der Waals surface area (Å²) in [5, 5.41) is 10.8. The van der Waals surface area contributed by atoms with E-state index in [2.05, 4.69) is 5.32 Å². The molecule has 2 amide bonds. The van der Waals surface area contributed by atoms with Gasteiger partial charge in [-0.3, -0.25) is 5.41 Å². The number of urea groups is 1. The fourth-order valence-corrected chi connectivity index (χ4v) is 2.98. The van der Waals surface area contributed by atoms with Crippen molar-refractivity contribution in [1.82, 2.24) is 5.32 Å². The minimum Gasteiger partial charge on any atom is -0.369 e. The van der Waals surface area contributed by atoms with E-state index in [1.54, 1.807) is 0 Å². The second-order valence-corrected chi connectivity index (χ2v) is 5.75. The van der Waals surface area contributed by atoms with E-state index in [0.717, 1.165) is 36.8 Å². The molecule has 1 aliphatic rings. The molecule has 5 heteroatoms. The Morgan fingerprint density at radius 2 is 1.81 bits per heavy atom. The SMILES string of the molecule is Cc1cccc(C)c1N(C(=N)N)C(=O)NC1CCCCC1. The highest BCUT2D eigenvalue weighted by Gasteiger charge is 2.25. The summed E-state index contributed by atoms with van der Waals surface area (Å²) in [7, 11) is 0. The predicted molar refractivity (Wildman–Crippen MR) is 85.7 cm³/mol. The van der Waals surface area contributed by atoms with E-state index in [1.165, 1.54) is 11.3 Å². The Hall–Kier alpha value is -2.04. The quantitative estimate of drug-likeness (QED) is 0.577. The summed E-state index contributed by atoms with van der Waals surface area (Å²) in [5.41, 5.74) is 8.24. The zero-order chi connectivity index (χ0) is 15.4. The Balaban J connectivity index is 2.22. The smallest absolute Gasteiger partial charge is 0.329 e. The van der Waals surface area contributed by atoms with E-state index < -0.39 is 0 Å². The molecule has 0 bridgehead atoms. The Morgan fingerprint density at radius 3 is 2.33 bits per heavy atom. The minimum absolute atomic E-state index is 0.192. The van der Waals surface area contributed by atoms with Crippen molar-refractivity contribution in [2.45, 2.75) is 52.0 Å². The zero-order valence-electron chi connectivity index (χ0n) is 12.8. The lowest BCUT2D eigenvalue weighted by molar-refractivity contribution is 0.241. The van der Waals surface area contributed by atoms with Crippen molar-refractivity contribution >= 4 is 17.7 Å². The molecule has 0 aliphatic heterocycles. The molecule has 0 radical (unpaired) electrons. The van der Waals surface area contributed by atoms with Crippen LogP contribution in [0.25, 0.3) is 0 Å². The van der Waals surface area contributed by atoms with Gasteiger partial charge in [-0.15, -0.1) is 0 Å². The topological polar surface area (TPSA) is 82.2 Å². The summed E-state index contributed by atoms with van der Waals surface area (Å²) in [4.78, 5) is 13.8. The van der Waals surface area contributed by atoms with Gasteiger partial charge in [-0.05, 0) is 37.8 Å². The highest BCUT2D eigenvalue weighted by molar-refractivity contribution is 6.14. The van der Waals surface area contributed by atoms with Crippen molar-refractivity contribution in [2.24, 2.45) is 5.73 Å². The molecule has 0 spiro atoms. The van der Waals surface area contributed by atoms with Crippen molar-refractivity contribution in [1.29, 1.82) is 5.41 Å². The summed E-state index contributed by atoms with van der Waals surface area (Å²) < 4.78 is 0. The number of hydrogen-bond donors (Lipinski definition) is 3. The van der Waals surface area contributed by atoms with Crippen molar-refractivity contribution in [3.8, 4) is 0 Å². The molecule has 0 heterocycles. The molecular weight excluding hydrogens is 264 g/mol. The van der Waals surface area contributed by atoms with Crippen LogP contribution in [0.3, 0.4) is 0 Å². The summed E-state index contributed by atoms with van der Waals surface area (Å²) in [6.45, 7) is 3.85. The lowest BCUT2D eigenvalue weighted by Gasteiger charge is -2.29. The number of rotatable bonds is 2. The predicted octanol–water partition coefficient (Wildman–Crippen LogP) is 3.05. The molecule has 5 nitrogen and oxygen atoms in total. The molecule has 4 N–H and O–H groups in total. The highest BCUT2D eigenvalue weighted by Crippen LogP contribution is 2.25. The van der Waals surface area contributed by atoms with Crippen LogP contribution >= 0.6 is 0 Å². The van der Waals surface area contributed by atoms with Crippen LogP contribution in [0.2, 0.25) is 0 Å². The van der Waals surface area contributed by atoms with Crippen LogP contribution in [0.4, 0.5) is 10.5 Å². The molecule has 1 saturated carbocycles. The Bertz CT molecular complexity index is 515. The lowest BCUT2D eigenvalue weighted by Crippen LogP contribution is -2.51.